The second kappa shape index (κ2) is 7.77. The van der Waals surface area contributed by atoms with Gasteiger partial charge in [-0.05, 0) is 19.9 Å². The largest absolute Gasteiger partial charge is 0.309 e. The zero-order chi connectivity index (χ0) is 20.4. The van der Waals surface area contributed by atoms with Crippen LogP contribution in [-0.2, 0) is 11.3 Å². The van der Waals surface area contributed by atoms with E-state index in [1.165, 1.54) is 28.6 Å². The molecule has 28 heavy (non-hydrogen) atoms. The summed E-state index contributed by atoms with van der Waals surface area (Å²) in [5.41, 5.74) is 0.503. The fourth-order valence-corrected chi connectivity index (χ4v) is 2.88. The third kappa shape index (κ3) is 3.86. The molecule has 0 fully saturated rings. The molecule has 1 aromatic carbocycles. The van der Waals surface area contributed by atoms with Crippen molar-refractivity contribution in [1.82, 2.24) is 19.6 Å². The maximum Gasteiger partial charge on any atom is 0.309 e. The first-order valence-electron chi connectivity index (χ1n) is 8.23. The zero-order valence-electron chi connectivity index (χ0n) is 15.0. The minimum absolute atomic E-state index is 0.106. The van der Waals surface area contributed by atoms with Crippen molar-refractivity contribution >= 4 is 29.0 Å². The van der Waals surface area contributed by atoms with Gasteiger partial charge in [-0.25, -0.2) is 4.39 Å². The highest BCUT2D eigenvalue weighted by Gasteiger charge is 2.24. The van der Waals surface area contributed by atoms with Crippen LogP contribution in [0, 0.1) is 22.9 Å². The average Bonchev–Trinajstić information content (AvgIpc) is 3.19. The van der Waals surface area contributed by atoms with E-state index >= 15 is 0 Å². The van der Waals surface area contributed by atoms with Gasteiger partial charge < -0.3 is 5.32 Å². The molecule has 1 unspecified atom stereocenters. The van der Waals surface area contributed by atoms with Crippen LogP contribution in [0.1, 0.15) is 24.2 Å². The van der Waals surface area contributed by atoms with Crippen molar-refractivity contribution < 1.29 is 14.1 Å². The minimum atomic E-state index is -0.832. The molecule has 0 aliphatic heterocycles. The van der Waals surface area contributed by atoms with Crippen molar-refractivity contribution in [1.29, 1.82) is 0 Å². The molecule has 2 heterocycles. The van der Waals surface area contributed by atoms with Gasteiger partial charge in [0.25, 0.3) is 0 Å². The van der Waals surface area contributed by atoms with Crippen LogP contribution in [0.15, 0.2) is 36.7 Å². The third-order valence-electron chi connectivity index (χ3n) is 4.21. The van der Waals surface area contributed by atoms with Crippen molar-refractivity contribution in [2.75, 3.05) is 5.32 Å². The first-order chi connectivity index (χ1) is 13.3. The van der Waals surface area contributed by atoms with Gasteiger partial charge in [-0.15, -0.1) is 0 Å². The second-order valence-corrected chi connectivity index (χ2v) is 6.50. The lowest BCUT2D eigenvalue weighted by Gasteiger charge is -2.13. The fourth-order valence-electron chi connectivity index (χ4n) is 2.68. The standard InChI is InChI=1S/C17H16ClFN6O3/c1-10-15(25(27)28)7-20-24(10)11(2)17(26)21-16-13(18)9-23(22-16)8-12-5-3-4-6-14(12)19/h3-7,9,11H,8H2,1-2H3,(H,21,22,26). The molecule has 3 aromatic rings. The molecule has 0 aliphatic rings. The van der Waals surface area contributed by atoms with Crippen molar-refractivity contribution in [3.8, 4) is 0 Å². The lowest BCUT2D eigenvalue weighted by molar-refractivity contribution is -0.385. The van der Waals surface area contributed by atoms with Crippen LogP contribution in [0.4, 0.5) is 15.9 Å². The van der Waals surface area contributed by atoms with Gasteiger partial charge in [0.1, 0.15) is 28.8 Å². The van der Waals surface area contributed by atoms with Crippen molar-refractivity contribution in [3.05, 3.63) is 68.9 Å². The Hall–Kier alpha value is -3.27. The van der Waals surface area contributed by atoms with Crippen LogP contribution >= 0.6 is 11.6 Å². The lowest BCUT2D eigenvalue weighted by atomic mass is 10.2. The summed E-state index contributed by atoms with van der Waals surface area (Å²) in [6, 6.07) is 5.43. The van der Waals surface area contributed by atoms with E-state index in [1.807, 2.05) is 0 Å². The minimum Gasteiger partial charge on any atom is -0.306 e. The van der Waals surface area contributed by atoms with Crippen LogP contribution in [0.5, 0.6) is 0 Å². The Kier molecular flexibility index (Phi) is 5.41. The van der Waals surface area contributed by atoms with Crippen molar-refractivity contribution in [2.45, 2.75) is 26.4 Å². The summed E-state index contributed by atoms with van der Waals surface area (Å²) in [7, 11) is 0. The Balaban J connectivity index is 1.75. The highest BCUT2D eigenvalue weighted by molar-refractivity contribution is 6.33. The SMILES string of the molecule is Cc1c([N+](=O)[O-])cnn1C(C)C(=O)Nc1nn(Cc2ccccc2F)cc1Cl. The molecule has 0 bridgehead atoms. The van der Waals surface area contributed by atoms with Gasteiger partial charge in [0, 0.05) is 11.8 Å². The van der Waals surface area contributed by atoms with E-state index in [0.29, 0.717) is 5.56 Å². The molecule has 0 saturated heterocycles. The number of rotatable bonds is 6. The Bertz CT molecular complexity index is 1050. The number of hydrogen-bond donors (Lipinski definition) is 1. The van der Waals surface area contributed by atoms with Crippen LogP contribution < -0.4 is 5.32 Å². The van der Waals surface area contributed by atoms with Gasteiger partial charge in [0.05, 0.1) is 11.5 Å². The zero-order valence-corrected chi connectivity index (χ0v) is 15.7. The van der Waals surface area contributed by atoms with Crippen LogP contribution in [0.25, 0.3) is 0 Å². The number of hydrogen-bond acceptors (Lipinski definition) is 5. The number of nitrogens with zero attached hydrogens (tertiary/aromatic N) is 5. The number of halogens is 2. The number of amides is 1. The normalized spacial score (nSPS) is 12.0. The third-order valence-corrected chi connectivity index (χ3v) is 4.49. The molecule has 3 rings (SSSR count). The quantitative estimate of drug-likeness (QED) is 0.499. The van der Waals surface area contributed by atoms with Gasteiger partial charge in [-0.3, -0.25) is 24.3 Å². The summed E-state index contributed by atoms with van der Waals surface area (Å²) >= 11 is 6.12. The molecule has 0 radical (unpaired) electrons. The van der Waals surface area contributed by atoms with Crippen LogP contribution in [0.3, 0.4) is 0 Å². The van der Waals surface area contributed by atoms with Gasteiger partial charge in [-0.2, -0.15) is 10.2 Å². The highest BCUT2D eigenvalue weighted by atomic mass is 35.5. The molecule has 1 N–H and O–H groups in total. The average molecular weight is 407 g/mol. The predicted octanol–water partition coefficient (Wildman–Crippen LogP) is 3.34. The van der Waals surface area contributed by atoms with E-state index < -0.39 is 16.9 Å². The molecule has 0 saturated carbocycles. The first-order valence-corrected chi connectivity index (χ1v) is 8.61. The molecule has 146 valence electrons. The predicted molar refractivity (Wildman–Crippen MR) is 99.7 cm³/mol. The van der Waals surface area contributed by atoms with E-state index in [2.05, 4.69) is 15.5 Å². The van der Waals surface area contributed by atoms with E-state index in [1.54, 1.807) is 25.1 Å². The van der Waals surface area contributed by atoms with Crippen molar-refractivity contribution in [2.24, 2.45) is 0 Å². The highest BCUT2D eigenvalue weighted by Crippen LogP contribution is 2.24. The Labute approximate surface area is 163 Å². The Morgan fingerprint density at radius 2 is 2.14 bits per heavy atom. The molecule has 0 spiro atoms. The Morgan fingerprint density at radius 3 is 2.79 bits per heavy atom. The number of aromatic nitrogens is 4. The molecule has 0 aliphatic carbocycles. The number of carbonyl (C=O) groups is 1. The molecule has 11 heteroatoms. The summed E-state index contributed by atoms with van der Waals surface area (Å²) in [6.07, 6.45) is 2.56. The molecular weight excluding hydrogens is 391 g/mol. The maximum absolute atomic E-state index is 13.8. The van der Waals surface area contributed by atoms with Crippen LogP contribution in [0.2, 0.25) is 5.02 Å². The summed E-state index contributed by atoms with van der Waals surface area (Å²) in [5.74, 6) is -0.766. The maximum atomic E-state index is 13.8. The molecular formula is C17H16ClFN6O3. The van der Waals surface area contributed by atoms with Gasteiger partial charge >= 0.3 is 5.69 Å². The molecule has 1 amide bonds. The number of anilines is 1. The Morgan fingerprint density at radius 1 is 1.43 bits per heavy atom. The van der Waals surface area contributed by atoms with E-state index in [4.69, 9.17) is 11.6 Å². The summed E-state index contributed by atoms with van der Waals surface area (Å²) in [6.45, 7) is 3.19. The monoisotopic (exact) mass is 406 g/mol. The topological polar surface area (TPSA) is 108 Å². The second-order valence-electron chi connectivity index (χ2n) is 6.10. The first kappa shape index (κ1) is 19.5. The van der Waals surface area contributed by atoms with Gasteiger partial charge in [0.2, 0.25) is 5.91 Å². The van der Waals surface area contributed by atoms with Gasteiger partial charge in [-0.1, -0.05) is 29.8 Å². The number of nitrogens with one attached hydrogen (secondary N) is 1. The number of carbonyl (C=O) groups excluding carboxylic acids is 1. The summed E-state index contributed by atoms with van der Waals surface area (Å²) < 4.78 is 16.4. The number of nitro groups is 1. The van der Waals surface area contributed by atoms with E-state index in [9.17, 15) is 19.3 Å². The van der Waals surface area contributed by atoms with E-state index in [-0.39, 0.29) is 34.6 Å². The van der Waals surface area contributed by atoms with Gasteiger partial charge in [0.15, 0.2) is 5.82 Å². The molecule has 9 nitrogen and oxygen atoms in total. The summed E-state index contributed by atoms with van der Waals surface area (Å²) in [4.78, 5) is 22.9. The molecule has 1 atom stereocenters. The smallest absolute Gasteiger partial charge is 0.306 e. The van der Waals surface area contributed by atoms with Crippen molar-refractivity contribution in [3.63, 3.8) is 0 Å². The van der Waals surface area contributed by atoms with E-state index in [0.717, 1.165) is 6.20 Å². The fraction of sp³-hybridized carbons (Fsp3) is 0.235. The number of benzene rings is 1. The van der Waals surface area contributed by atoms with Crippen LogP contribution in [-0.4, -0.2) is 30.4 Å². The molecule has 2 aromatic heterocycles. The lowest BCUT2D eigenvalue weighted by Crippen LogP contribution is -2.25. The summed E-state index contributed by atoms with van der Waals surface area (Å²) in [5, 5.41) is 21.8.